The largest absolute Gasteiger partial charge is 0.332 e. The van der Waals surface area contributed by atoms with Gasteiger partial charge in [-0.15, -0.1) is 0 Å². The molecule has 0 N–H and O–H groups in total. The normalized spacial score (nSPS) is 11.7. The van der Waals surface area contributed by atoms with Gasteiger partial charge in [0, 0.05) is 26.8 Å². The zero-order valence-electron chi connectivity index (χ0n) is 16.1. The van der Waals surface area contributed by atoms with Gasteiger partial charge in [-0.05, 0) is 24.0 Å². The lowest BCUT2D eigenvalue weighted by atomic mass is 10.1. The maximum Gasteiger partial charge on any atom is 0.332 e. The Hall–Kier alpha value is -3.09. The molecule has 1 aromatic carbocycles. The van der Waals surface area contributed by atoms with Crippen LogP contribution in [-0.4, -0.2) is 23.1 Å². The summed E-state index contributed by atoms with van der Waals surface area (Å²) in [5, 5.41) is 0. The van der Waals surface area contributed by atoms with Crippen LogP contribution in [0.3, 0.4) is 0 Å². The first-order valence-corrected chi connectivity index (χ1v) is 9.24. The Labute approximate surface area is 156 Å². The molecule has 3 aromatic heterocycles. The summed E-state index contributed by atoms with van der Waals surface area (Å²) in [5.74, 6) is 0.680. The van der Waals surface area contributed by atoms with E-state index in [4.69, 9.17) is 0 Å². The lowest BCUT2D eigenvalue weighted by Gasteiger charge is -2.08. The van der Waals surface area contributed by atoms with E-state index in [9.17, 15) is 9.59 Å². The van der Waals surface area contributed by atoms with Gasteiger partial charge in [0.25, 0.3) is 5.56 Å². The fraction of sp³-hybridized carbons (Fsp3) is 0.350. The highest BCUT2D eigenvalue weighted by atomic mass is 16.2. The number of hydrogen-bond acceptors (Lipinski definition) is 3. The van der Waals surface area contributed by atoms with E-state index in [-0.39, 0.29) is 11.2 Å². The van der Waals surface area contributed by atoms with Gasteiger partial charge in [0.15, 0.2) is 11.2 Å². The Morgan fingerprint density at radius 1 is 1.00 bits per heavy atom. The van der Waals surface area contributed by atoms with Crippen LogP contribution >= 0.6 is 0 Å². The minimum absolute atomic E-state index is 0.331. The molecule has 0 fully saturated rings. The standard InChI is InChI=1S/C20H23N5O2/c1-5-11-24-15(14-9-7-13(6-2)8-10-14)12-25-16-17(21-19(24)25)22(3)20(27)23(4)18(16)26/h7-10,12H,5-6,11H2,1-4H3. The van der Waals surface area contributed by atoms with Crippen molar-refractivity contribution in [1.29, 1.82) is 0 Å². The number of imidazole rings is 2. The van der Waals surface area contributed by atoms with Crippen molar-refractivity contribution < 1.29 is 0 Å². The molecule has 0 saturated carbocycles. The van der Waals surface area contributed by atoms with E-state index < -0.39 is 0 Å². The predicted octanol–water partition coefficient (Wildman–Crippen LogP) is 2.33. The quantitative estimate of drug-likeness (QED) is 0.557. The maximum absolute atomic E-state index is 12.8. The van der Waals surface area contributed by atoms with Crippen LogP contribution in [0, 0.1) is 0 Å². The van der Waals surface area contributed by atoms with Crippen molar-refractivity contribution in [3.8, 4) is 11.3 Å². The number of aryl methyl sites for hydroxylation is 3. The zero-order chi connectivity index (χ0) is 19.3. The molecule has 4 rings (SSSR count). The molecule has 7 heteroatoms. The molecule has 27 heavy (non-hydrogen) atoms. The third-order valence-corrected chi connectivity index (χ3v) is 5.16. The number of hydrogen-bond donors (Lipinski definition) is 0. The third kappa shape index (κ3) is 2.45. The number of nitrogens with zero attached hydrogens (tertiary/aromatic N) is 5. The van der Waals surface area contributed by atoms with Gasteiger partial charge < -0.3 is 4.57 Å². The van der Waals surface area contributed by atoms with Crippen molar-refractivity contribution in [2.24, 2.45) is 14.1 Å². The summed E-state index contributed by atoms with van der Waals surface area (Å²) in [6.45, 7) is 5.02. The number of benzene rings is 1. The highest BCUT2D eigenvalue weighted by molar-refractivity contribution is 5.78. The number of fused-ring (bicyclic) bond motifs is 3. The molecule has 0 aliphatic carbocycles. The van der Waals surface area contributed by atoms with Gasteiger partial charge in [-0.3, -0.25) is 18.3 Å². The summed E-state index contributed by atoms with van der Waals surface area (Å²) in [5.41, 5.74) is 3.52. The maximum atomic E-state index is 12.8. The van der Waals surface area contributed by atoms with E-state index in [2.05, 4.69) is 47.7 Å². The predicted molar refractivity (Wildman–Crippen MR) is 106 cm³/mol. The highest BCUT2D eigenvalue weighted by Crippen LogP contribution is 2.26. The first-order valence-electron chi connectivity index (χ1n) is 9.24. The molecule has 0 amide bonds. The van der Waals surface area contributed by atoms with Crippen LogP contribution in [0.4, 0.5) is 0 Å². The molecular formula is C20H23N5O2. The third-order valence-electron chi connectivity index (χ3n) is 5.16. The van der Waals surface area contributed by atoms with Crippen LogP contribution in [0.5, 0.6) is 0 Å². The van der Waals surface area contributed by atoms with Crippen LogP contribution in [0.1, 0.15) is 25.8 Å². The molecule has 7 nitrogen and oxygen atoms in total. The summed E-state index contributed by atoms with van der Waals surface area (Å²) in [6, 6.07) is 8.47. The Morgan fingerprint density at radius 2 is 1.70 bits per heavy atom. The summed E-state index contributed by atoms with van der Waals surface area (Å²) in [4.78, 5) is 29.6. The monoisotopic (exact) mass is 365 g/mol. The lowest BCUT2D eigenvalue weighted by Crippen LogP contribution is -2.37. The van der Waals surface area contributed by atoms with E-state index in [0.29, 0.717) is 16.9 Å². The molecular weight excluding hydrogens is 342 g/mol. The van der Waals surface area contributed by atoms with Crippen LogP contribution in [0.25, 0.3) is 28.2 Å². The van der Waals surface area contributed by atoms with Crippen molar-refractivity contribution in [1.82, 2.24) is 23.1 Å². The van der Waals surface area contributed by atoms with Crippen LogP contribution in [0.2, 0.25) is 0 Å². The van der Waals surface area contributed by atoms with E-state index >= 15 is 0 Å². The second-order valence-corrected chi connectivity index (χ2v) is 6.88. The smallest absolute Gasteiger partial charge is 0.310 e. The summed E-state index contributed by atoms with van der Waals surface area (Å²) >= 11 is 0. The molecule has 0 unspecified atom stereocenters. The zero-order valence-corrected chi connectivity index (χ0v) is 16.1. The molecule has 4 aromatic rings. The SMILES string of the molecule is CCCn1c(-c2ccc(CC)cc2)cn2c3c(=O)n(C)c(=O)n(C)c3nc12. The van der Waals surface area contributed by atoms with E-state index in [1.165, 1.54) is 17.2 Å². The highest BCUT2D eigenvalue weighted by Gasteiger charge is 2.20. The molecule has 0 atom stereocenters. The Morgan fingerprint density at radius 3 is 2.33 bits per heavy atom. The molecule has 0 bridgehead atoms. The molecule has 140 valence electrons. The van der Waals surface area contributed by atoms with Crippen molar-refractivity contribution in [3.63, 3.8) is 0 Å². The van der Waals surface area contributed by atoms with Crippen molar-refractivity contribution in [2.45, 2.75) is 33.2 Å². The van der Waals surface area contributed by atoms with Gasteiger partial charge in [-0.1, -0.05) is 38.1 Å². The lowest BCUT2D eigenvalue weighted by molar-refractivity contribution is 0.698. The molecule has 0 aliphatic rings. The second-order valence-electron chi connectivity index (χ2n) is 6.88. The van der Waals surface area contributed by atoms with E-state index in [1.807, 2.05) is 10.6 Å². The van der Waals surface area contributed by atoms with Gasteiger partial charge in [-0.2, -0.15) is 4.98 Å². The molecule has 0 spiro atoms. The minimum atomic E-state index is -0.370. The summed E-state index contributed by atoms with van der Waals surface area (Å²) in [6.07, 6.45) is 3.88. The van der Waals surface area contributed by atoms with E-state index in [0.717, 1.165) is 35.2 Å². The first-order chi connectivity index (χ1) is 13.0. The van der Waals surface area contributed by atoms with Gasteiger partial charge in [0.2, 0.25) is 5.78 Å². The topological polar surface area (TPSA) is 66.2 Å². The molecule has 3 heterocycles. The number of rotatable bonds is 4. The minimum Gasteiger partial charge on any atom is -0.310 e. The molecule has 0 aliphatic heterocycles. The Balaban J connectivity index is 2.08. The van der Waals surface area contributed by atoms with Crippen molar-refractivity contribution in [2.75, 3.05) is 0 Å². The molecule has 0 radical (unpaired) electrons. The fourth-order valence-corrected chi connectivity index (χ4v) is 3.60. The molecule has 0 saturated heterocycles. The van der Waals surface area contributed by atoms with Crippen molar-refractivity contribution >= 4 is 16.9 Å². The van der Waals surface area contributed by atoms with Gasteiger partial charge >= 0.3 is 5.69 Å². The summed E-state index contributed by atoms with van der Waals surface area (Å²) in [7, 11) is 3.14. The van der Waals surface area contributed by atoms with Crippen LogP contribution in [0.15, 0.2) is 40.1 Å². The summed E-state index contributed by atoms with van der Waals surface area (Å²) < 4.78 is 6.49. The fourth-order valence-electron chi connectivity index (χ4n) is 3.60. The van der Waals surface area contributed by atoms with Crippen molar-refractivity contribution in [3.05, 3.63) is 56.9 Å². The Kier molecular flexibility index (Phi) is 4.02. The first kappa shape index (κ1) is 17.3. The van der Waals surface area contributed by atoms with Crippen LogP contribution in [-0.2, 0) is 27.1 Å². The average Bonchev–Trinajstić information content (AvgIpc) is 3.22. The van der Waals surface area contributed by atoms with Gasteiger partial charge in [0.1, 0.15) is 0 Å². The van der Waals surface area contributed by atoms with Crippen LogP contribution < -0.4 is 11.2 Å². The van der Waals surface area contributed by atoms with Gasteiger partial charge in [0.05, 0.1) is 5.69 Å². The van der Waals surface area contributed by atoms with Gasteiger partial charge in [-0.25, -0.2) is 4.79 Å². The average molecular weight is 365 g/mol. The number of aromatic nitrogens is 5. The second kappa shape index (κ2) is 6.26. The van der Waals surface area contributed by atoms with E-state index in [1.54, 1.807) is 7.05 Å². The Bertz CT molecular complexity index is 1270.